The number of nitrogens with zero attached hydrogens (tertiary/aromatic N) is 1. The van der Waals surface area contributed by atoms with E-state index in [9.17, 15) is 14.7 Å². The molecule has 0 fully saturated rings. The Morgan fingerprint density at radius 1 is 1.33 bits per heavy atom. The highest BCUT2D eigenvalue weighted by Crippen LogP contribution is 2.43. The summed E-state index contributed by atoms with van der Waals surface area (Å²) in [4.78, 5) is 25.9. The van der Waals surface area contributed by atoms with Gasteiger partial charge in [-0.2, -0.15) is 0 Å². The van der Waals surface area contributed by atoms with Crippen LogP contribution < -0.4 is 4.90 Å². The van der Waals surface area contributed by atoms with Crippen LogP contribution in [-0.2, 0) is 19.9 Å². The number of hydrogen-bond donors (Lipinski definition) is 1. The van der Waals surface area contributed by atoms with E-state index in [1.807, 2.05) is 0 Å². The van der Waals surface area contributed by atoms with E-state index in [1.54, 1.807) is 52.1 Å². The van der Waals surface area contributed by atoms with Gasteiger partial charge in [0.2, 0.25) is 5.60 Å². The first kappa shape index (κ1) is 15.3. The third-order valence-electron chi connectivity index (χ3n) is 3.35. The highest BCUT2D eigenvalue weighted by molar-refractivity contribution is 6.13. The van der Waals surface area contributed by atoms with Gasteiger partial charge in [-0.15, -0.1) is 0 Å². The van der Waals surface area contributed by atoms with Crippen molar-refractivity contribution >= 4 is 17.6 Å². The number of para-hydroxylation sites is 1. The number of ether oxygens (including phenoxy) is 1. The van der Waals surface area contributed by atoms with Crippen LogP contribution in [0.4, 0.5) is 5.69 Å². The summed E-state index contributed by atoms with van der Waals surface area (Å²) in [6.07, 6.45) is 0. The summed E-state index contributed by atoms with van der Waals surface area (Å²) < 4.78 is 5.21. The smallest absolute Gasteiger partial charge is 0.337 e. The van der Waals surface area contributed by atoms with Crippen molar-refractivity contribution in [1.29, 1.82) is 0 Å². The molecule has 112 valence electrons. The second-order valence-corrected chi connectivity index (χ2v) is 6.07. The Hall–Kier alpha value is -2.14. The lowest BCUT2D eigenvalue weighted by Crippen LogP contribution is -2.43. The van der Waals surface area contributed by atoms with Crippen molar-refractivity contribution in [3.63, 3.8) is 0 Å². The lowest BCUT2D eigenvalue weighted by molar-refractivity contribution is -0.155. The van der Waals surface area contributed by atoms with Gasteiger partial charge in [-0.25, -0.2) is 4.79 Å². The van der Waals surface area contributed by atoms with Crippen LogP contribution in [-0.4, -0.2) is 29.6 Å². The van der Waals surface area contributed by atoms with E-state index in [2.05, 4.69) is 6.58 Å². The molecule has 0 bridgehead atoms. The third-order valence-corrected chi connectivity index (χ3v) is 3.35. The van der Waals surface area contributed by atoms with Gasteiger partial charge in [0.05, 0.1) is 11.3 Å². The van der Waals surface area contributed by atoms with E-state index in [4.69, 9.17) is 4.74 Å². The van der Waals surface area contributed by atoms with Gasteiger partial charge < -0.3 is 14.7 Å². The maximum Gasteiger partial charge on any atom is 0.337 e. The highest BCUT2D eigenvalue weighted by Gasteiger charge is 2.53. The van der Waals surface area contributed by atoms with Crippen molar-refractivity contribution in [3.8, 4) is 0 Å². The van der Waals surface area contributed by atoms with Crippen molar-refractivity contribution in [2.24, 2.45) is 0 Å². The molecule has 0 unspecified atom stereocenters. The monoisotopic (exact) mass is 289 g/mol. The molecule has 21 heavy (non-hydrogen) atoms. The van der Waals surface area contributed by atoms with Gasteiger partial charge in [-0.3, -0.25) is 4.79 Å². The number of amides is 1. The van der Waals surface area contributed by atoms with Crippen molar-refractivity contribution in [2.45, 2.75) is 32.0 Å². The van der Waals surface area contributed by atoms with Crippen molar-refractivity contribution < 1.29 is 19.4 Å². The van der Waals surface area contributed by atoms with Crippen LogP contribution in [0.3, 0.4) is 0 Å². The highest BCUT2D eigenvalue weighted by atomic mass is 16.6. The SMILES string of the molecule is C=C(C(=O)OC(C)(C)C)[C@@]1(O)C(=O)N(C)c2ccccc21. The first-order valence-corrected chi connectivity index (χ1v) is 6.62. The number of esters is 1. The van der Waals surface area contributed by atoms with Crippen LogP contribution in [0, 0.1) is 0 Å². The van der Waals surface area contributed by atoms with Gasteiger partial charge in [-0.05, 0) is 26.8 Å². The lowest BCUT2D eigenvalue weighted by Gasteiger charge is -2.26. The number of anilines is 1. The quantitative estimate of drug-likeness (QED) is 0.665. The maximum atomic E-state index is 12.4. The molecular weight excluding hydrogens is 270 g/mol. The minimum atomic E-state index is -2.08. The zero-order valence-electron chi connectivity index (χ0n) is 12.6. The lowest BCUT2D eigenvalue weighted by atomic mass is 9.88. The van der Waals surface area contributed by atoms with Gasteiger partial charge >= 0.3 is 5.97 Å². The summed E-state index contributed by atoms with van der Waals surface area (Å²) in [6.45, 7) is 8.73. The molecule has 0 aromatic heterocycles. The largest absolute Gasteiger partial charge is 0.457 e. The number of carbonyl (C=O) groups is 2. The Labute approximate surface area is 123 Å². The fourth-order valence-corrected chi connectivity index (χ4v) is 2.32. The molecule has 1 heterocycles. The molecule has 1 atom stereocenters. The second kappa shape index (κ2) is 4.70. The van der Waals surface area contributed by atoms with E-state index in [1.165, 1.54) is 4.90 Å². The molecule has 5 nitrogen and oxygen atoms in total. The average Bonchev–Trinajstić information content (AvgIpc) is 2.60. The summed E-state index contributed by atoms with van der Waals surface area (Å²) in [5, 5.41) is 10.8. The topological polar surface area (TPSA) is 66.8 Å². The van der Waals surface area contributed by atoms with E-state index >= 15 is 0 Å². The number of aliphatic hydroxyl groups is 1. The summed E-state index contributed by atoms with van der Waals surface area (Å²) >= 11 is 0. The van der Waals surface area contributed by atoms with Crippen molar-refractivity contribution in [1.82, 2.24) is 0 Å². The Morgan fingerprint density at radius 3 is 2.48 bits per heavy atom. The summed E-state index contributed by atoms with van der Waals surface area (Å²) in [5.41, 5.74) is -2.20. The minimum absolute atomic E-state index is 0.278. The van der Waals surface area contributed by atoms with Gasteiger partial charge in [0.1, 0.15) is 5.60 Å². The fraction of sp³-hybridized carbons (Fsp3) is 0.375. The number of rotatable bonds is 2. The molecule has 0 saturated carbocycles. The van der Waals surface area contributed by atoms with E-state index in [0.717, 1.165) is 0 Å². The Bertz CT molecular complexity index is 629. The number of fused-ring (bicyclic) bond motifs is 1. The zero-order valence-corrected chi connectivity index (χ0v) is 12.6. The predicted octanol–water partition coefficient (Wildman–Crippen LogP) is 1.75. The fourth-order valence-electron chi connectivity index (χ4n) is 2.32. The van der Waals surface area contributed by atoms with Crippen LogP contribution >= 0.6 is 0 Å². The van der Waals surface area contributed by atoms with Crippen molar-refractivity contribution in [2.75, 3.05) is 11.9 Å². The Balaban J connectivity index is 2.45. The van der Waals surface area contributed by atoms with Gasteiger partial charge in [-0.1, -0.05) is 24.8 Å². The number of likely N-dealkylation sites (N-methyl/N-ethyl adjacent to an activating group) is 1. The van der Waals surface area contributed by atoms with Gasteiger partial charge in [0.15, 0.2) is 0 Å². The summed E-state index contributed by atoms with van der Waals surface area (Å²) in [5.74, 6) is -1.40. The van der Waals surface area contributed by atoms with Crippen LogP contribution in [0.15, 0.2) is 36.4 Å². The van der Waals surface area contributed by atoms with Gasteiger partial charge in [0, 0.05) is 12.6 Å². The number of hydrogen-bond acceptors (Lipinski definition) is 4. The summed E-state index contributed by atoms with van der Waals surface area (Å²) in [7, 11) is 1.54. The molecule has 1 aromatic rings. The first-order valence-electron chi connectivity index (χ1n) is 6.62. The number of benzene rings is 1. The molecule has 1 aliphatic rings. The number of carbonyl (C=O) groups excluding carboxylic acids is 2. The molecular formula is C16H19NO4. The van der Waals surface area contributed by atoms with Crippen LogP contribution in [0.25, 0.3) is 0 Å². The van der Waals surface area contributed by atoms with Crippen LogP contribution in [0.5, 0.6) is 0 Å². The molecule has 0 spiro atoms. The van der Waals surface area contributed by atoms with Crippen LogP contribution in [0.2, 0.25) is 0 Å². The average molecular weight is 289 g/mol. The molecule has 0 aliphatic carbocycles. The second-order valence-electron chi connectivity index (χ2n) is 6.07. The van der Waals surface area contributed by atoms with E-state index in [0.29, 0.717) is 11.3 Å². The first-order chi connectivity index (χ1) is 9.59. The molecule has 0 radical (unpaired) electrons. The molecule has 5 heteroatoms. The van der Waals surface area contributed by atoms with E-state index in [-0.39, 0.29) is 5.57 Å². The molecule has 1 N–H and O–H groups in total. The molecule has 1 aliphatic heterocycles. The normalized spacial score (nSPS) is 21.2. The maximum absolute atomic E-state index is 12.4. The van der Waals surface area contributed by atoms with E-state index < -0.39 is 23.1 Å². The third kappa shape index (κ3) is 2.34. The van der Waals surface area contributed by atoms with Crippen LogP contribution in [0.1, 0.15) is 26.3 Å². The zero-order chi connectivity index (χ0) is 16.0. The Morgan fingerprint density at radius 2 is 1.90 bits per heavy atom. The molecule has 2 rings (SSSR count). The van der Waals surface area contributed by atoms with Crippen molar-refractivity contribution in [3.05, 3.63) is 42.0 Å². The van der Waals surface area contributed by atoms with Gasteiger partial charge in [0.25, 0.3) is 5.91 Å². The Kier molecular flexibility index (Phi) is 3.41. The standard InChI is InChI=1S/C16H19NO4/c1-10(13(18)21-15(2,3)4)16(20)11-8-6-7-9-12(11)17(5)14(16)19/h6-9,20H,1H2,2-5H3/t16-/m0/s1. The molecule has 0 saturated heterocycles. The minimum Gasteiger partial charge on any atom is -0.457 e. The molecule has 1 amide bonds. The predicted molar refractivity (Wildman–Crippen MR) is 78.7 cm³/mol. The summed E-state index contributed by atoms with van der Waals surface area (Å²) in [6, 6.07) is 6.75. The molecule has 1 aromatic carbocycles.